The van der Waals surface area contributed by atoms with Crippen LogP contribution in [0.15, 0.2) is 46.1 Å². The number of fused-ring (bicyclic) bond motifs is 1. The zero-order valence-corrected chi connectivity index (χ0v) is 17.1. The fourth-order valence-corrected chi connectivity index (χ4v) is 3.38. The quantitative estimate of drug-likeness (QED) is 0.484. The second kappa shape index (κ2) is 8.50. The molecule has 160 valence electrons. The minimum absolute atomic E-state index is 0.156. The summed E-state index contributed by atoms with van der Waals surface area (Å²) in [6.07, 6.45) is 3.06. The monoisotopic (exact) mass is 424 g/mol. The van der Waals surface area contributed by atoms with Crippen molar-refractivity contribution in [2.24, 2.45) is 0 Å². The third-order valence-corrected chi connectivity index (χ3v) is 5.03. The van der Waals surface area contributed by atoms with Gasteiger partial charge in [-0.1, -0.05) is 17.3 Å². The average Bonchev–Trinajstić information content (AvgIpc) is 3.29. The Labute approximate surface area is 176 Å². The van der Waals surface area contributed by atoms with E-state index in [-0.39, 0.29) is 30.2 Å². The fraction of sp³-hybridized carbons (Fsp3) is 0.286. The molecular formula is C21H21FN6O3. The lowest BCUT2D eigenvalue weighted by Crippen LogP contribution is -2.29. The van der Waals surface area contributed by atoms with E-state index in [1.54, 1.807) is 30.7 Å². The number of aryl methyl sites for hydroxylation is 2. The molecule has 0 radical (unpaired) electrons. The summed E-state index contributed by atoms with van der Waals surface area (Å²) >= 11 is 0. The molecular weight excluding hydrogens is 403 g/mol. The van der Waals surface area contributed by atoms with Crippen LogP contribution in [0.5, 0.6) is 0 Å². The Bertz CT molecular complexity index is 1290. The Hall–Kier alpha value is -3.82. The SMILES string of the molecule is Cc1noc(C)c1CC(=O)NCCn1ncc2c(=O)n(Cc3cccc(F)c3)cnc21. The summed E-state index contributed by atoms with van der Waals surface area (Å²) in [4.78, 5) is 29.3. The zero-order valence-electron chi connectivity index (χ0n) is 17.1. The van der Waals surface area contributed by atoms with Crippen molar-refractivity contribution in [1.29, 1.82) is 0 Å². The van der Waals surface area contributed by atoms with Crippen LogP contribution in [-0.2, 0) is 24.3 Å². The van der Waals surface area contributed by atoms with Gasteiger partial charge in [0.05, 0.1) is 31.4 Å². The molecule has 3 heterocycles. The summed E-state index contributed by atoms with van der Waals surface area (Å²) in [5, 5.41) is 11.3. The largest absolute Gasteiger partial charge is 0.361 e. The number of benzene rings is 1. The van der Waals surface area contributed by atoms with E-state index in [1.807, 2.05) is 0 Å². The second-order valence-electron chi connectivity index (χ2n) is 7.24. The van der Waals surface area contributed by atoms with E-state index in [9.17, 15) is 14.0 Å². The van der Waals surface area contributed by atoms with Gasteiger partial charge < -0.3 is 9.84 Å². The molecule has 4 aromatic rings. The number of nitrogens with zero attached hydrogens (tertiary/aromatic N) is 5. The van der Waals surface area contributed by atoms with Crippen molar-refractivity contribution in [3.8, 4) is 0 Å². The molecule has 3 aromatic heterocycles. The molecule has 10 heteroatoms. The number of amides is 1. The predicted octanol–water partition coefficient (Wildman–Crippen LogP) is 1.74. The van der Waals surface area contributed by atoms with Crippen molar-refractivity contribution in [2.45, 2.75) is 33.4 Å². The smallest absolute Gasteiger partial charge is 0.264 e. The lowest BCUT2D eigenvalue weighted by atomic mass is 10.1. The molecule has 1 N–H and O–H groups in total. The lowest BCUT2D eigenvalue weighted by molar-refractivity contribution is -0.120. The maximum atomic E-state index is 13.4. The minimum Gasteiger partial charge on any atom is -0.361 e. The van der Waals surface area contributed by atoms with Gasteiger partial charge in [0.1, 0.15) is 23.3 Å². The molecule has 0 aliphatic rings. The van der Waals surface area contributed by atoms with E-state index in [4.69, 9.17) is 4.52 Å². The predicted molar refractivity (Wildman–Crippen MR) is 110 cm³/mol. The summed E-state index contributed by atoms with van der Waals surface area (Å²) in [6.45, 7) is 4.46. The van der Waals surface area contributed by atoms with Crippen LogP contribution in [-0.4, -0.2) is 36.9 Å². The highest BCUT2D eigenvalue weighted by atomic mass is 19.1. The third-order valence-electron chi connectivity index (χ3n) is 5.03. The van der Waals surface area contributed by atoms with Crippen LogP contribution >= 0.6 is 0 Å². The van der Waals surface area contributed by atoms with E-state index in [2.05, 4.69) is 20.6 Å². The fourth-order valence-electron chi connectivity index (χ4n) is 3.38. The summed E-state index contributed by atoms with van der Waals surface area (Å²) in [5.74, 6) is 0.115. The van der Waals surface area contributed by atoms with Crippen molar-refractivity contribution < 1.29 is 13.7 Å². The van der Waals surface area contributed by atoms with E-state index < -0.39 is 0 Å². The van der Waals surface area contributed by atoms with Crippen molar-refractivity contribution in [2.75, 3.05) is 6.54 Å². The van der Waals surface area contributed by atoms with Crippen LogP contribution in [0.3, 0.4) is 0 Å². The number of carbonyl (C=O) groups excluding carboxylic acids is 1. The summed E-state index contributed by atoms with van der Waals surface area (Å²) in [6, 6.07) is 6.07. The number of carbonyl (C=O) groups is 1. The van der Waals surface area contributed by atoms with Gasteiger partial charge in [0, 0.05) is 12.1 Å². The Morgan fingerprint density at radius 1 is 1.29 bits per heavy atom. The molecule has 4 rings (SSSR count). The first-order valence-electron chi connectivity index (χ1n) is 9.76. The summed E-state index contributed by atoms with van der Waals surface area (Å²) in [5.41, 5.74) is 2.31. The zero-order chi connectivity index (χ0) is 22.0. The highest BCUT2D eigenvalue weighted by Crippen LogP contribution is 2.12. The first-order chi connectivity index (χ1) is 14.9. The van der Waals surface area contributed by atoms with Gasteiger partial charge >= 0.3 is 0 Å². The summed E-state index contributed by atoms with van der Waals surface area (Å²) < 4.78 is 21.4. The molecule has 1 aromatic carbocycles. The Kier molecular flexibility index (Phi) is 5.61. The average molecular weight is 424 g/mol. The maximum Gasteiger partial charge on any atom is 0.264 e. The van der Waals surface area contributed by atoms with Crippen LogP contribution < -0.4 is 10.9 Å². The molecule has 0 saturated heterocycles. The van der Waals surface area contributed by atoms with Crippen LogP contribution in [0.25, 0.3) is 11.0 Å². The Morgan fingerprint density at radius 3 is 2.87 bits per heavy atom. The van der Waals surface area contributed by atoms with Crippen LogP contribution in [0.4, 0.5) is 4.39 Å². The maximum absolute atomic E-state index is 13.4. The molecule has 0 atom stereocenters. The number of nitrogens with one attached hydrogen (secondary N) is 1. The normalized spacial score (nSPS) is 11.2. The van der Waals surface area contributed by atoms with Gasteiger partial charge in [-0.15, -0.1) is 0 Å². The van der Waals surface area contributed by atoms with E-state index in [0.29, 0.717) is 41.1 Å². The van der Waals surface area contributed by atoms with Crippen LogP contribution in [0.1, 0.15) is 22.6 Å². The van der Waals surface area contributed by atoms with Gasteiger partial charge in [-0.05, 0) is 31.5 Å². The highest BCUT2D eigenvalue weighted by molar-refractivity contribution is 5.79. The molecule has 0 saturated carbocycles. The number of hydrogen-bond donors (Lipinski definition) is 1. The Balaban J connectivity index is 1.42. The minimum atomic E-state index is -0.358. The first kappa shape index (κ1) is 20.5. The summed E-state index contributed by atoms with van der Waals surface area (Å²) in [7, 11) is 0. The van der Waals surface area contributed by atoms with E-state index in [1.165, 1.54) is 29.2 Å². The number of rotatable bonds is 7. The molecule has 31 heavy (non-hydrogen) atoms. The number of aromatic nitrogens is 5. The molecule has 0 spiro atoms. The van der Waals surface area contributed by atoms with Gasteiger partial charge in [-0.3, -0.25) is 14.2 Å². The van der Waals surface area contributed by atoms with Gasteiger partial charge in [-0.25, -0.2) is 14.1 Å². The molecule has 1 amide bonds. The van der Waals surface area contributed by atoms with Crippen LogP contribution in [0.2, 0.25) is 0 Å². The molecule has 0 aliphatic heterocycles. The third kappa shape index (κ3) is 4.37. The molecule has 0 bridgehead atoms. The van der Waals surface area contributed by atoms with Crippen molar-refractivity contribution in [3.63, 3.8) is 0 Å². The van der Waals surface area contributed by atoms with Gasteiger partial charge in [0.15, 0.2) is 5.65 Å². The van der Waals surface area contributed by atoms with Gasteiger partial charge in [0.2, 0.25) is 5.91 Å². The van der Waals surface area contributed by atoms with E-state index in [0.717, 1.165) is 5.56 Å². The van der Waals surface area contributed by atoms with Gasteiger partial charge in [-0.2, -0.15) is 5.10 Å². The standard InChI is InChI=1S/C21H21FN6O3/c1-13-17(14(2)31-26-13)9-19(29)23-6-7-28-20-18(10-25-28)21(30)27(12-24-20)11-15-4-3-5-16(22)8-15/h3-5,8,10,12H,6-7,9,11H2,1-2H3,(H,23,29). The molecule has 9 nitrogen and oxygen atoms in total. The first-order valence-corrected chi connectivity index (χ1v) is 9.76. The highest BCUT2D eigenvalue weighted by Gasteiger charge is 2.14. The second-order valence-corrected chi connectivity index (χ2v) is 7.24. The number of hydrogen-bond acceptors (Lipinski definition) is 6. The van der Waals surface area contributed by atoms with Crippen molar-refractivity contribution in [1.82, 2.24) is 29.8 Å². The lowest BCUT2D eigenvalue weighted by Gasteiger charge is -2.08. The molecule has 0 fully saturated rings. The molecule has 0 unspecified atom stereocenters. The van der Waals surface area contributed by atoms with Crippen molar-refractivity contribution in [3.05, 3.63) is 75.5 Å². The van der Waals surface area contributed by atoms with Crippen LogP contribution in [0, 0.1) is 19.7 Å². The van der Waals surface area contributed by atoms with E-state index >= 15 is 0 Å². The topological polar surface area (TPSA) is 108 Å². The Morgan fingerprint density at radius 2 is 2.13 bits per heavy atom. The molecule has 0 aliphatic carbocycles. The van der Waals surface area contributed by atoms with Crippen molar-refractivity contribution >= 4 is 16.9 Å². The van der Waals surface area contributed by atoms with Gasteiger partial charge in [0.25, 0.3) is 5.56 Å². The number of halogens is 1.